The zero-order chi connectivity index (χ0) is 18.4. The van der Waals surface area contributed by atoms with E-state index in [2.05, 4.69) is 65.6 Å². The number of halogens is 1. The molecule has 2 heterocycles. The minimum absolute atomic E-state index is 0. The van der Waals surface area contributed by atoms with Gasteiger partial charge in [0, 0.05) is 21.9 Å². The SMILES string of the molecule is CCNC(=NCc1coc(-c2ccc(C)cc2)n1)NCc1ccc(C)s1.I. The summed E-state index contributed by atoms with van der Waals surface area (Å²) >= 11 is 1.79. The highest BCUT2D eigenvalue weighted by Crippen LogP contribution is 2.19. The Morgan fingerprint density at radius 1 is 1.11 bits per heavy atom. The first kappa shape index (κ1) is 21.4. The number of rotatable bonds is 6. The van der Waals surface area contributed by atoms with Crippen LogP contribution in [0, 0.1) is 13.8 Å². The highest BCUT2D eigenvalue weighted by atomic mass is 127. The van der Waals surface area contributed by atoms with Crippen LogP contribution in [0.25, 0.3) is 11.5 Å². The molecule has 1 aromatic carbocycles. The summed E-state index contributed by atoms with van der Waals surface area (Å²) < 4.78 is 5.60. The lowest BCUT2D eigenvalue weighted by atomic mass is 10.1. The molecule has 0 saturated heterocycles. The van der Waals surface area contributed by atoms with Crippen LogP contribution in [0.5, 0.6) is 0 Å². The molecule has 0 aliphatic heterocycles. The van der Waals surface area contributed by atoms with E-state index in [1.165, 1.54) is 15.3 Å². The van der Waals surface area contributed by atoms with E-state index >= 15 is 0 Å². The van der Waals surface area contributed by atoms with Gasteiger partial charge in [-0.1, -0.05) is 17.7 Å². The van der Waals surface area contributed by atoms with Gasteiger partial charge in [-0.05, 0) is 45.0 Å². The van der Waals surface area contributed by atoms with Gasteiger partial charge in [-0.15, -0.1) is 35.3 Å². The Hall–Kier alpha value is -1.87. The van der Waals surface area contributed by atoms with Crippen LogP contribution in [0.1, 0.15) is 27.9 Å². The Morgan fingerprint density at radius 3 is 2.56 bits per heavy atom. The number of hydrogen-bond donors (Lipinski definition) is 2. The summed E-state index contributed by atoms with van der Waals surface area (Å²) in [5, 5.41) is 6.62. The first-order valence-electron chi connectivity index (χ1n) is 8.73. The fourth-order valence-corrected chi connectivity index (χ4v) is 3.29. The van der Waals surface area contributed by atoms with Gasteiger partial charge in [0.1, 0.15) is 12.0 Å². The molecular formula is C20H25IN4OS. The third-order valence-electron chi connectivity index (χ3n) is 3.82. The van der Waals surface area contributed by atoms with E-state index in [0.717, 1.165) is 30.3 Å². The molecule has 0 atom stereocenters. The van der Waals surface area contributed by atoms with Crippen molar-refractivity contribution >= 4 is 41.3 Å². The fourth-order valence-electron chi connectivity index (χ4n) is 2.46. The lowest BCUT2D eigenvalue weighted by Crippen LogP contribution is -2.36. The third-order valence-corrected chi connectivity index (χ3v) is 4.82. The van der Waals surface area contributed by atoms with Crippen molar-refractivity contribution in [2.45, 2.75) is 33.9 Å². The standard InChI is InChI=1S/C20H24N4OS.HI/c1-4-21-20(23-12-18-10-7-15(3)26-18)22-11-17-13-25-19(24-17)16-8-5-14(2)6-9-16;/h5-10,13H,4,11-12H2,1-3H3,(H2,21,22,23);1H. The summed E-state index contributed by atoms with van der Waals surface area (Å²) in [6.45, 7) is 8.27. The molecule has 0 amide bonds. The summed E-state index contributed by atoms with van der Waals surface area (Å²) in [5.74, 6) is 1.40. The first-order chi connectivity index (χ1) is 12.6. The number of oxazole rings is 1. The molecule has 0 unspecified atom stereocenters. The van der Waals surface area contributed by atoms with Crippen LogP contribution in [0.4, 0.5) is 0 Å². The van der Waals surface area contributed by atoms with Crippen molar-refractivity contribution in [3.63, 3.8) is 0 Å². The maximum absolute atomic E-state index is 5.60. The fraction of sp³-hybridized carbons (Fsp3) is 0.300. The Kier molecular flexibility index (Phi) is 8.30. The minimum Gasteiger partial charge on any atom is -0.444 e. The van der Waals surface area contributed by atoms with Crippen LogP contribution in [-0.4, -0.2) is 17.5 Å². The van der Waals surface area contributed by atoms with Gasteiger partial charge in [-0.25, -0.2) is 9.98 Å². The lowest BCUT2D eigenvalue weighted by molar-refractivity contribution is 0.572. The quantitative estimate of drug-likeness (QED) is 0.290. The Morgan fingerprint density at radius 2 is 1.89 bits per heavy atom. The molecule has 27 heavy (non-hydrogen) atoms. The van der Waals surface area contributed by atoms with Crippen LogP contribution in [0.15, 0.2) is 52.1 Å². The molecule has 0 radical (unpaired) electrons. The zero-order valence-corrected chi connectivity index (χ0v) is 18.9. The van der Waals surface area contributed by atoms with Crippen molar-refractivity contribution < 1.29 is 4.42 Å². The van der Waals surface area contributed by atoms with E-state index in [4.69, 9.17) is 4.42 Å². The Labute approximate surface area is 181 Å². The maximum Gasteiger partial charge on any atom is 0.226 e. The number of nitrogens with one attached hydrogen (secondary N) is 2. The monoisotopic (exact) mass is 496 g/mol. The van der Waals surface area contributed by atoms with Crippen LogP contribution in [-0.2, 0) is 13.1 Å². The van der Waals surface area contributed by atoms with Gasteiger partial charge in [-0.3, -0.25) is 0 Å². The Balaban J connectivity index is 0.00000261. The molecule has 7 heteroatoms. The highest BCUT2D eigenvalue weighted by molar-refractivity contribution is 14.0. The predicted molar refractivity (Wildman–Crippen MR) is 123 cm³/mol. The van der Waals surface area contributed by atoms with Crippen molar-refractivity contribution in [2.75, 3.05) is 6.54 Å². The third kappa shape index (κ3) is 6.35. The molecular weight excluding hydrogens is 471 g/mol. The molecule has 0 fully saturated rings. The molecule has 144 valence electrons. The normalized spacial score (nSPS) is 11.1. The molecule has 0 aliphatic rings. The van der Waals surface area contributed by atoms with Crippen molar-refractivity contribution in [1.82, 2.24) is 15.6 Å². The number of aliphatic imine (C=N–C) groups is 1. The summed E-state index contributed by atoms with van der Waals surface area (Å²) in [4.78, 5) is 11.7. The first-order valence-corrected chi connectivity index (χ1v) is 9.54. The van der Waals surface area contributed by atoms with Gasteiger partial charge in [-0.2, -0.15) is 0 Å². The van der Waals surface area contributed by atoms with Crippen LogP contribution in [0.2, 0.25) is 0 Å². The molecule has 0 spiro atoms. The topological polar surface area (TPSA) is 62.5 Å². The molecule has 2 aromatic heterocycles. The van der Waals surface area contributed by atoms with Crippen LogP contribution < -0.4 is 10.6 Å². The molecule has 0 aliphatic carbocycles. The van der Waals surface area contributed by atoms with Crippen molar-refractivity contribution in [3.8, 4) is 11.5 Å². The summed E-state index contributed by atoms with van der Waals surface area (Å²) in [5.41, 5.74) is 3.00. The molecule has 5 nitrogen and oxygen atoms in total. The van der Waals surface area contributed by atoms with E-state index in [1.54, 1.807) is 17.6 Å². The van der Waals surface area contributed by atoms with E-state index in [-0.39, 0.29) is 24.0 Å². The van der Waals surface area contributed by atoms with Crippen molar-refractivity contribution in [2.24, 2.45) is 4.99 Å². The Bertz CT molecular complexity index is 870. The average molecular weight is 496 g/mol. The number of hydrogen-bond acceptors (Lipinski definition) is 4. The second-order valence-corrected chi connectivity index (χ2v) is 7.44. The van der Waals surface area contributed by atoms with E-state index in [0.29, 0.717) is 12.4 Å². The number of aromatic nitrogens is 1. The maximum atomic E-state index is 5.60. The van der Waals surface area contributed by atoms with Gasteiger partial charge in [0.2, 0.25) is 5.89 Å². The smallest absolute Gasteiger partial charge is 0.226 e. The van der Waals surface area contributed by atoms with E-state index in [1.807, 2.05) is 12.1 Å². The number of guanidine groups is 1. The van der Waals surface area contributed by atoms with Gasteiger partial charge in [0.25, 0.3) is 0 Å². The number of benzene rings is 1. The van der Waals surface area contributed by atoms with Crippen molar-refractivity contribution in [1.29, 1.82) is 0 Å². The van der Waals surface area contributed by atoms with E-state index < -0.39 is 0 Å². The predicted octanol–water partition coefficient (Wildman–Crippen LogP) is 4.89. The zero-order valence-electron chi connectivity index (χ0n) is 15.8. The van der Waals surface area contributed by atoms with Gasteiger partial charge < -0.3 is 15.1 Å². The summed E-state index contributed by atoms with van der Waals surface area (Å²) in [6, 6.07) is 12.4. The number of nitrogens with zero attached hydrogens (tertiary/aromatic N) is 2. The van der Waals surface area contributed by atoms with Crippen molar-refractivity contribution in [3.05, 3.63) is 63.7 Å². The van der Waals surface area contributed by atoms with Crippen LogP contribution >= 0.6 is 35.3 Å². The largest absolute Gasteiger partial charge is 0.444 e. The lowest BCUT2D eigenvalue weighted by Gasteiger charge is -2.09. The van der Waals surface area contributed by atoms with Gasteiger partial charge in [0.05, 0.1) is 13.1 Å². The molecule has 3 aromatic rings. The number of thiophene rings is 1. The van der Waals surface area contributed by atoms with E-state index in [9.17, 15) is 0 Å². The minimum atomic E-state index is 0. The second-order valence-electron chi connectivity index (χ2n) is 6.07. The summed E-state index contributed by atoms with van der Waals surface area (Å²) in [7, 11) is 0. The molecule has 0 bridgehead atoms. The molecule has 3 rings (SSSR count). The van der Waals surface area contributed by atoms with Gasteiger partial charge in [0.15, 0.2) is 5.96 Å². The highest BCUT2D eigenvalue weighted by Gasteiger charge is 2.07. The van der Waals surface area contributed by atoms with Gasteiger partial charge >= 0.3 is 0 Å². The average Bonchev–Trinajstić information content (AvgIpc) is 3.27. The molecule has 2 N–H and O–H groups in total. The summed E-state index contributed by atoms with van der Waals surface area (Å²) in [6.07, 6.45) is 1.67. The second kappa shape index (κ2) is 10.5. The van der Waals surface area contributed by atoms with Crippen LogP contribution in [0.3, 0.4) is 0 Å². The number of aryl methyl sites for hydroxylation is 2. The molecule has 0 saturated carbocycles.